The van der Waals surface area contributed by atoms with Crippen LogP contribution in [0.5, 0.6) is 11.5 Å². The number of hydrogen-bond acceptors (Lipinski definition) is 5. The van der Waals surface area contributed by atoms with E-state index in [9.17, 15) is 14.9 Å². The fraction of sp³-hybridized carbons (Fsp3) is 0.211. The van der Waals surface area contributed by atoms with Gasteiger partial charge in [0.1, 0.15) is 0 Å². The maximum atomic E-state index is 12.1. The molecule has 0 aromatic heterocycles. The van der Waals surface area contributed by atoms with Crippen LogP contribution in [0, 0.1) is 10.1 Å². The van der Waals surface area contributed by atoms with Gasteiger partial charge in [0.05, 0.1) is 30.7 Å². The van der Waals surface area contributed by atoms with Crippen LogP contribution in [-0.2, 0) is 4.79 Å². The van der Waals surface area contributed by atoms with Crippen molar-refractivity contribution in [1.29, 1.82) is 0 Å². The lowest BCUT2D eigenvalue weighted by Crippen LogP contribution is -2.24. The van der Waals surface area contributed by atoms with Gasteiger partial charge in [0.15, 0.2) is 11.5 Å². The second-order valence-electron chi connectivity index (χ2n) is 5.49. The monoisotopic (exact) mass is 356 g/mol. The van der Waals surface area contributed by atoms with E-state index in [1.54, 1.807) is 44.6 Å². The van der Waals surface area contributed by atoms with Crippen LogP contribution < -0.4 is 14.8 Å². The molecule has 2 aromatic rings. The molecular weight excluding hydrogens is 336 g/mol. The molecule has 2 aromatic carbocycles. The summed E-state index contributed by atoms with van der Waals surface area (Å²) in [4.78, 5) is 22.6. The quantitative estimate of drug-likeness (QED) is 0.466. The molecule has 26 heavy (non-hydrogen) atoms. The number of ether oxygens (including phenoxy) is 2. The van der Waals surface area contributed by atoms with E-state index in [1.165, 1.54) is 18.2 Å². The van der Waals surface area contributed by atoms with Gasteiger partial charge in [0, 0.05) is 12.1 Å². The van der Waals surface area contributed by atoms with E-state index in [0.717, 1.165) is 5.56 Å². The lowest BCUT2D eigenvalue weighted by atomic mass is 10.1. The highest BCUT2D eigenvalue weighted by atomic mass is 16.6. The van der Waals surface area contributed by atoms with E-state index in [0.29, 0.717) is 17.1 Å². The SMILES string of the molecule is COc1ccc(C(C)NC(=O)/C=C/c2ccccc2[N+](=O)[O-])cc1OC. The van der Waals surface area contributed by atoms with E-state index in [1.807, 2.05) is 13.0 Å². The maximum Gasteiger partial charge on any atom is 0.276 e. The van der Waals surface area contributed by atoms with E-state index < -0.39 is 4.92 Å². The van der Waals surface area contributed by atoms with Crippen molar-refractivity contribution in [2.75, 3.05) is 14.2 Å². The van der Waals surface area contributed by atoms with Crippen LogP contribution in [0.15, 0.2) is 48.5 Å². The van der Waals surface area contributed by atoms with Crippen LogP contribution in [0.4, 0.5) is 5.69 Å². The van der Waals surface area contributed by atoms with Crippen LogP contribution in [0.1, 0.15) is 24.1 Å². The molecule has 1 N–H and O–H groups in total. The van der Waals surface area contributed by atoms with Crippen LogP contribution in [0.25, 0.3) is 6.08 Å². The first-order valence-electron chi connectivity index (χ1n) is 7.90. The number of nitrogens with one attached hydrogen (secondary N) is 1. The number of hydrogen-bond donors (Lipinski definition) is 1. The summed E-state index contributed by atoms with van der Waals surface area (Å²) in [6, 6.07) is 11.3. The molecule has 0 radical (unpaired) electrons. The predicted molar refractivity (Wildman–Crippen MR) is 98.2 cm³/mol. The summed E-state index contributed by atoms with van der Waals surface area (Å²) in [6.07, 6.45) is 2.70. The topological polar surface area (TPSA) is 90.7 Å². The largest absolute Gasteiger partial charge is 0.493 e. The van der Waals surface area contributed by atoms with Gasteiger partial charge in [-0.2, -0.15) is 0 Å². The first-order chi connectivity index (χ1) is 12.5. The zero-order valence-corrected chi connectivity index (χ0v) is 14.8. The van der Waals surface area contributed by atoms with Crippen LogP contribution >= 0.6 is 0 Å². The Morgan fingerprint density at radius 3 is 2.50 bits per heavy atom. The number of nitro benzene ring substituents is 1. The molecule has 136 valence electrons. The number of amides is 1. The van der Waals surface area contributed by atoms with Gasteiger partial charge in [-0.05, 0) is 36.8 Å². The van der Waals surface area contributed by atoms with Gasteiger partial charge in [-0.3, -0.25) is 14.9 Å². The van der Waals surface area contributed by atoms with Gasteiger partial charge in [-0.1, -0.05) is 18.2 Å². The number of methoxy groups -OCH3 is 2. The number of rotatable bonds is 7. The standard InChI is InChI=1S/C19H20N2O5/c1-13(15-8-10-17(25-2)18(12-15)26-3)20-19(22)11-9-14-6-4-5-7-16(14)21(23)24/h4-13H,1-3H3,(H,20,22)/b11-9+. The molecule has 1 unspecified atom stereocenters. The zero-order chi connectivity index (χ0) is 19.1. The highest BCUT2D eigenvalue weighted by Crippen LogP contribution is 2.29. The van der Waals surface area contributed by atoms with Crippen molar-refractivity contribution in [2.45, 2.75) is 13.0 Å². The van der Waals surface area contributed by atoms with Crippen molar-refractivity contribution in [2.24, 2.45) is 0 Å². The van der Waals surface area contributed by atoms with E-state index in [-0.39, 0.29) is 17.6 Å². The average molecular weight is 356 g/mol. The Bertz CT molecular complexity index is 832. The smallest absolute Gasteiger partial charge is 0.276 e. The molecule has 0 spiro atoms. The molecule has 2 rings (SSSR count). The lowest BCUT2D eigenvalue weighted by molar-refractivity contribution is -0.385. The summed E-state index contributed by atoms with van der Waals surface area (Å²) in [5.74, 6) is 0.818. The van der Waals surface area contributed by atoms with Gasteiger partial charge in [-0.25, -0.2) is 0 Å². The van der Waals surface area contributed by atoms with Crippen LogP contribution in [-0.4, -0.2) is 25.1 Å². The molecular formula is C19H20N2O5. The predicted octanol–water partition coefficient (Wildman–Crippen LogP) is 3.50. The fourth-order valence-corrected chi connectivity index (χ4v) is 2.43. The van der Waals surface area contributed by atoms with E-state index in [2.05, 4.69) is 5.32 Å². The second-order valence-corrected chi connectivity index (χ2v) is 5.49. The van der Waals surface area contributed by atoms with E-state index >= 15 is 0 Å². The van der Waals surface area contributed by atoms with Crippen molar-refractivity contribution in [3.63, 3.8) is 0 Å². The molecule has 1 atom stereocenters. The summed E-state index contributed by atoms with van der Waals surface area (Å²) in [5, 5.41) is 13.8. The summed E-state index contributed by atoms with van der Waals surface area (Å²) >= 11 is 0. The highest BCUT2D eigenvalue weighted by Gasteiger charge is 2.13. The number of nitro groups is 1. The van der Waals surface area contributed by atoms with Crippen molar-refractivity contribution in [3.05, 3.63) is 69.8 Å². The summed E-state index contributed by atoms with van der Waals surface area (Å²) in [5.41, 5.74) is 1.16. The Morgan fingerprint density at radius 1 is 1.15 bits per heavy atom. The Kier molecular flexibility index (Phi) is 6.32. The zero-order valence-electron chi connectivity index (χ0n) is 14.8. The Morgan fingerprint density at radius 2 is 1.85 bits per heavy atom. The number of para-hydroxylation sites is 1. The molecule has 7 heteroatoms. The first kappa shape index (κ1) is 19.0. The molecule has 0 bridgehead atoms. The summed E-state index contributed by atoms with van der Waals surface area (Å²) < 4.78 is 10.4. The van der Waals surface area contributed by atoms with Gasteiger partial charge in [0.25, 0.3) is 5.69 Å². The number of carbonyl (C=O) groups excluding carboxylic acids is 1. The summed E-state index contributed by atoms with van der Waals surface area (Å²) in [7, 11) is 3.09. The molecule has 0 saturated carbocycles. The van der Waals surface area contributed by atoms with Gasteiger partial charge in [-0.15, -0.1) is 0 Å². The molecule has 0 heterocycles. The third-order valence-corrected chi connectivity index (χ3v) is 3.81. The first-order valence-corrected chi connectivity index (χ1v) is 7.90. The molecule has 0 fully saturated rings. The number of carbonyl (C=O) groups is 1. The average Bonchev–Trinajstić information content (AvgIpc) is 2.65. The molecule has 0 saturated heterocycles. The molecule has 0 aliphatic rings. The van der Waals surface area contributed by atoms with Gasteiger partial charge >= 0.3 is 0 Å². The normalized spacial score (nSPS) is 11.8. The molecule has 0 aliphatic carbocycles. The van der Waals surface area contributed by atoms with Gasteiger partial charge in [0.2, 0.25) is 5.91 Å². The second kappa shape index (κ2) is 8.66. The molecule has 1 amide bonds. The van der Waals surface area contributed by atoms with Crippen molar-refractivity contribution in [1.82, 2.24) is 5.32 Å². The minimum atomic E-state index is -0.482. The fourth-order valence-electron chi connectivity index (χ4n) is 2.43. The third kappa shape index (κ3) is 4.60. The highest BCUT2D eigenvalue weighted by molar-refractivity contribution is 5.92. The van der Waals surface area contributed by atoms with Crippen LogP contribution in [0.3, 0.4) is 0 Å². The van der Waals surface area contributed by atoms with Crippen LogP contribution in [0.2, 0.25) is 0 Å². The van der Waals surface area contributed by atoms with Gasteiger partial charge < -0.3 is 14.8 Å². The third-order valence-electron chi connectivity index (χ3n) is 3.81. The summed E-state index contributed by atoms with van der Waals surface area (Å²) in [6.45, 7) is 1.83. The Balaban J connectivity index is 2.09. The van der Waals surface area contributed by atoms with Crippen molar-refractivity contribution < 1.29 is 19.2 Å². The van der Waals surface area contributed by atoms with Crippen molar-refractivity contribution >= 4 is 17.7 Å². The number of nitrogens with zero attached hydrogens (tertiary/aromatic N) is 1. The van der Waals surface area contributed by atoms with E-state index in [4.69, 9.17) is 9.47 Å². The maximum absolute atomic E-state index is 12.1. The molecule has 0 aliphatic heterocycles. The Hall–Kier alpha value is -3.35. The minimum absolute atomic E-state index is 0.0514. The minimum Gasteiger partial charge on any atom is -0.493 e. The van der Waals surface area contributed by atoms with Crippen molar-refractivity contribution in [3.8, 4) is 11.5 Å². The number of benzene rings is 2. The molecule has 7 nitrogen and oxygen atoms in total. The lowest BCUT2D eigenvalue weighted by Gasteiger charge is -2.15. The Labute approximate surface area is 151 Å².